The molecule has 0 aliphatic heterocycles. The van der Waals surface area contributed by atoms with Gasteiger partial charge in [0.2, 0.25) is 5.91 Å². The van der Waals surface area contributed by atoms with E-state index in [0.717, 1.165) is 5.56 Å². The molecule has 0 bridgehead atoms. The van der Waals surface area contributed by atoms with E-state index >= 15 is 0 Å². The highest BCUT2D eigenvalue weighted by Gasteiger charge is 2.18. The zero-order chi connectivity index (χ0) is 14.4. The van der Waals surface area contributed by atoms with Gasteiger partial charge in [-0.15, -0.1) is 0 Å². The maximum absolute atomic E-state index is 12.8. The summed E-state index contributed by atoms with van der Waals surface area (Å²) in [6, 6.07) is 5.91. The number of hydrogen-bond donors (Lipinski definition) is 1. The molecule has 0 saturated heterocycles. The van der Waals surface area contributed by atoms with Gasteiger partial charge < -0.3 is 10.6 Å². The van der Waals surface area contributed by atoms with Crippen LogP contribution in [0.5, 0.6) is 0 Å². The van der Waals surface area contributed by atoms with Crippen LogP contribution < -0.4 is 5.73 Å². The van der Waals surface area contributed by atoms with E-state index in [0.29, 0.717) is 25.3 Å². The molecule has 1 aromatic rings. The Morgan fingerprint density at radius 1 is 1.32 bits per heavy atom. The van der Waals surface area contributed by atoms with Crippen LogP contribution in [0, 0.1) is 11.7 Å². The van der Waals surface area contributed by atoms with Crippen molar-refractivity contribution < 1.29 is 9.18 Å². The first-order chi connectivity index (χ1) is 8.90. The second kappa shape index (κ2) is 7.24. The van der Waals surface area contributed by atoms with Gasteiger partial charge in [-0.25, -0.2) is 4.39 Å². The molecule has 0 aliphatic carbocycles. The second-order valence-corrected chi connectivity index (χ2v) is 5.37. The van der Waals surface area contributed by atoms with E-state index in [4.69, 9.17) is 5.73 Å². The summed E-state index contributed by atoms with van der Waals surface area (Å²) in [6.07, 6.45) is 1.40. The minimum atomic E-state index is -0.432. The average Bonchev–Trinajstić information content (AvgIpc) is 2.36. The summed E-state index contributed by atoms with van der Waals surface area (Å²) in [4.78, 5) is 13.6. The summed E-state index contributed by atoms with van der Waals surface area (Å²) in [5, 5.41) is 0. The first-order valence-electron chi connectivity index (χ1n) is 6.65. The molecular weight excluding hydrogens is 243 g/mol. The highest BCUT2D eigenvalue weighted by molar-refractivity contribution is 5.81. The lowest BCUT2D eigenvalue weighted by Crippen LogP contribution is -2.43. The molecule has 0 unspecified atom stereocenters. The van der Waals surface area contributed by atoms with E-state index in [9.17, 15) is 9.18 Å². The molecule has 0 saturated carbocycles. The van der Waals surface area contributed by atoms with Gasteiger partial charge >= 0.3 is 0 Å². The minimum Gasteiger partial charge on any atom is -0.344 e. The number of amides is 1. The number of benzene rings is 1. The van der Waals surface area contributed by atoms with Crippen molar-refractivity contribution in [3.8, 4) is 0 Å². The third-order valence-corrected chi connectivity index (χ3v) is 3.07. The van der Waals surface area contributed by atoms with E-state index in [1.165, 1.54) is 12.1 Å². The molecule has 0 fully saturated rings. The van der Waals surface area contributed by atoms with E-state index in [1.807, 2.05) is 13.8 Å². The number of carbonyl (C=O) groups is 1. The molecule has 0 heterocycles. The number of nitrogens with two attached hydrogens (primary N) is 1. The number of carbonyl (C=O) groups excluding carboxylic acids is 1. The van der Waals surface area contributed by atoms with Crippen LogP contribution in [0.15, 0.2) is 24.3 Å². The van der Waals surface area contributed by atoms with Crippen LogP contribution in [-0.2, 0) is 11.2 Å². The van der Waals surface area contributed by atoms with Crippen LogP contribution in [0.4, 0.5) is 4.39 Å². The van der Waals surface area contributed by atoms with Crippen molar-refractivity contribution in [3.63, 3.8) is 0 Å². The SMILES string of the molecule is CC(C)C[C@H](N)C(=O)N(C)CCc1ccc(F)cc1. The molecule has 1 aromatic carbocycles. The summed E-state index contributed by atoms with van der Waals surface area (Å²) < 4.78 is 12.8. The molecule has 0 spiro atoms. The predicted molar refractivity (Wildman–Crippen MR) is 75.2 cm³/mol. The van der Waals surface area contributed by atoms with Crippen LogP contribution in [0.1, 0.15) is 25.8 Å². The summed E-state index contributed by atoms with van der Waals surface area (Å²) in [6.45, 7) is 4.69. The normalized spacial score (nSPS) is 12.5. The molecule has 3 nitrogen and oxygen atoms in total. The highest BCUT2D eigenvalue weighted by atomic mass is 19.1. The lowest BCUT2D eigenvalue weighted by Gasteiger charge is -2.22. The number of rotatable bonds is 6. The fourth-order valence-electron chi connectivity index (χ4n) is 1.95. The number of nitrogens with zero attached hydrogens (tertiary/aromatic N) is 1. The number of hydrogen-bond acceptors (Lipinski definition) is 2. The van der Waals surface area contributed by atoms with Gasteiger partial charge in [0.15, 0.2) is 0 Å². The van der Waals surface area contributed by atoms with Crippen molar-refractivity contribution in [2.45, 2.75) is 32.7 Å². The topological polar surface area (TPSA) is 46.3 Å². The van der Waals surface area contributed by atoms with Crippen molar-refractivity contribution in [3.05, 3.63) is 35.6 Å². The maximum Gasteiger partial charge on any atom is 0.239 e. The average molecular weight is 266 g/mol. The summed E-state index contributed by atoms with van der Waals surface area (Å²) in [5.74, 6) is 0.132. The summed E-state index contributed by atoms with van der Waals surface area (Å²) >= 11 is 0. The molecule has 0 radical (unpaired) electrons. The van der Waals surface area contributed by atoms with Gasteiger partial charge in [0.1, 0.15) is 5.82 Å². The molecule has 1 atom stereocenters. The standard InChI is InChI=1S/C15H23FN2O/c1-11(2)10-14(17)15(19)18(3)9-8-12-4-6-13(16)7-5-12/h4-7,11,14H,8-10,17H2,1-3H3/t14-/m0/s1. The third-order valence-electron chi connectivity index (χ3n) is 3.07. The van der Waals surface area contributed by atoms with Crippen molar-refractivity contribution in [1.29, 1.82) is 0 Å². The quantitative estimate of drug-likeness (QED) is 0.858. The second-order valence-electron chi connectivity index (χ2n) is 5.37. The Bertz CT molecular complexity index is 403. The Morgan fingerprint density at radius 2 is 1.89 bits per heavy atom. The van der Waals surface area contributed by atoms with Crippen LogP contribution in [0.25, 0.3) is 0 Å². The van der Waals surface area contributed by atoms with Gasteiger partial charge in [-0.2, -0.15) is 0 Å². The molecule has 106 valence electrons. The Hall–Kier alpha value is -1.42. The van der Waals surface area contributed by atoms with Crippen LogP contribution in [-0.4, -0.2) is 30.4 Å². The van der Waals surface area contributed by atoms with Crippen molar-refractivity contribution in [2.24, 2.45) is 11.7 Å². The van der Waals surface area contributed by atoms with Gasteiger partial charge in [0, 0.05) is 13.6 Å². The zero-order valence-electron chi connectivity index (χ0n) is 11.9. The van der Waals surface area contributed by atoms with E-state index in [2.05, 4.69) is 0 Å². The number of likely N-dealkylation sites (N-methyl/N-ethyl adjacent to an activating group) is 1. The van der Waals surface area contributed by atoms with Gasteiger partial charge in [-0.3, -0.25) is 4.79 Å². The fourth-order valence-corrected chi connectivity index (χ4v) is 1.95. The summed E-state index contributed by atoms with van der Waals surface area (Å²) in [5.41, 5.74) is 6.88. The van der Waals surface area contributed by atoms with Crippen molar-refractivity contribution in [1.82, 2.24) is 4.90 Å². The van der Waals surface area contributed by atoms with E-state index < -0.39 is 6.04 Å². The highest BCUT2D eigenvalue weighted by Crippen LogP contribution is 2.07. The predicted octanol–water partition coefficient (Wildman–Crippen LogP) is 2.20. The molecule has 1 amide bonds. The lowest BCUT2D eigenvalue weighted by atomic mass is 10.0. The third kappa shape index (κ3) is 5.39. The fraction of sp³-hybridized carbons (Fsp3) is 0.533. The molecular formula is C15H23FN2O. The molecule has 4 heteroatoms. The molecule has 2 N–H and O–H groups in total. The molecule has 0 aliphatic rings. The molecule has 19 heavy (non-hydrogen) atoms. The first kappa shape index (κ1) is 15.6. The van der Waals surface area contributed by atoms with Crippen LogP contribution >= 0.6 is 0 Å². The lowest BCUT2D eigenvalue weighted by molar-refractivity contribution is -0.131. The summed E-state index contributed by atoms with van der Waals surface area (Å²) in [7, 11) is 1.76. The smallest absolute Gasteiger partial charge is 0.239 e. The van der Waals surface area contributed by atoms with Gasteiger partial charge in [-0.05, 0) is 36.5 Å². The van der Waals surface area contributed by atoms with E-state index in [-0.39, 0.29) is 11.7 Å². The Labute approximate surface area is 114 Å². The Balaban J connectivity index is 2.44. The van der Waals surface area contributed by atoms with Gasteiger partial charge in [-0.1, -0.05) is 26.0 Å². The number of halogens is 1. The largest absolute Gasteiger partial charge is 0.344 e. The van der Waals surface area contributed by atoms with Crippen molar-refractivity contribution in [2.75, 3.05) is 13.6 Å². The molecule has 0 aromatic heterocycles. The Kier molecular flexibility index (Phi) is 5.96. The van der Waals surface area contributed by atoms with Crippen LogP contribution in [0.3, 0.4) is 0 Å². The maximum atomic E-state index is 12.8. The van der Waals surface area contributed by atoms with Gasteiger partial charge in [0.05, 0.1) is 6.04 Å². The Morgan fingerprint density at radius 3 is 2.42 bits per heavy atom. The minimum absolute atomic E-state index is 0.0317. The van der Waals surface area contributed by atoms with E-state index in [1.54, 1.807) is 24.1 Å². The van der Waals surface area contributed by atoms with Crippen molar-refractivity contribution >= 4 is 5.91 Å². The zero-order valence-corrected chi connectivity index (χ0v) is 11.9. The molecule has 1 rings (SSSR count). The first-order valence-corrected chi connectivity index (χ1v) is 6.65. The monoisotopic (exact) mass is 266 g/mol. The van der Waals surface area contributed by atoms with Gasteiger partial charge in [0.25, 0.3) is 0 Å². The van der Waals surface area contributed by atoms with Crippen LogP contribution in [0.2, 0.25) is 0 Å².